The Morgan fingerprint density at radius 2 is 1.76 bits per heavy atom. The molecule has 2 nitrogen and oxygen atoms in total. The van der Waals surface area contributed by atoms with Crippen LogP contribution in [0.4, 0.5) is 11.4 Å². The Hall–Kier alpha value is -2.35. The lowest BCUT2D eigenvalue weighted by Gasteiger charge is -2.34. The first-order valence-electron chi connectivity index (χ1n) is 10.9. The highest BCUT2D eigenvalue weighted by molar-refractivity contribution is 6.03. The minimum Gasteiger partial charge on any atom is -0.384 e. The van der Waals surface area contributed by atoms with Crippen LogP contribution < -0.4 is 5.32 Å². The average molecular weight is 387 g/mol. The van der Waals surface area contributed by atoms with Gasteiger partial charge in [-0.3, -0.25) is 4.99 Å². The summed E-state index contributed by atoms with van der Waals surface area (Å²) in [7, 11) is 0. The number of benzene rings is 2. The van der Waals surface area contributed by atoms with E-state index in [1.165, 1.54) is 67.2 Å². The number of hydrogen-bond donors (Lipinski definition) is 1. The molecule has 1 unspecified atom stereocenters. The molecule has 0 aliphatic carbocycles. The van der Waals surface area contributed by atoms with Crippen molar-refractivity contribution in [3.63, 3.8) is 0 Å². The molecule has 0 radical (unpaired) electrons. The van der Waals surface area contributed by atoms with E-state index in [0.717, 1.165) is 25.8 Å². The number of allylic oxidation sites excluding steroid dienone is 1. The predicted molar refractivity (Wildman–Crippen MR) is 126 cm³/mol. The first kappa shape index (κ1) is 19.9. The second-order valence-electron chi connectivity index (χ2n) is 9.29. The van der Waals surface area contributed by atoms with Crippen molar-refractivity contribution in [3.8, 4) is 0 Å². The van der Waals surface area contributed by atoms with E-state index in [4.69, 9.17) is 4.99 Å². The lowest BCUT2D eigenvalue weighted by molar-refractivity contribution is 0.630. The van der Waals surface area contributed by atoms with Gasteiger partial charge in [0.05, 0.1) is 5.69 Å². The van der Waals surface area contributed by atoms with Crippen LogP contribution >= 0.6 is 0 Å². The molecule has 2 aromatic carbocycles. The molecule has 0 amide bonds. The zero-order valence-electron chi connectivity index (χ0n) is 19.1. The highest BCUT2D eigenvalue weighted by Gasteiger charge is 2.39. The van der Waals surface area contributed by atoms with Crippen molar-refractivity contribution in [1.82, 2.24) is 0 Å². The van der Waals surface area contributed by atoms with Crippen LogP contribution in [-0.4, -0.2) is 12.3 Å². The second kappa shape index (κ2) is 6.86. The van der Waals surface area contributed by atoms with E-state index in [0.29, 0.717) is 0 Å². The van der Waals surface area contributed by atoms with Gasteiger partial charge in [-0.25, -0.2) is 0 Å². The van der Waals surface area contributed by atoms with Crippen molar-refractivity contribution in [1.29, 1.82) is 0 Å². The van der Waals surface area contributed by atoms with Gasteiger partial charge in [0.2, 0.25) is 0 Å². The van der Waals surface area contributed by atoms with E-state index in [-0.39, 0.29) is 5.41 Å². The lowest BCUT2D eigenvalue weighted by Crippen LogP contribution is -2.34. The summed E-state index contributed by atoms with van der Waals surface area (Å²) in [5, 5.41) is 3.66. The molecular formula is C27H34N2. The number of rotatable bonds is 4. The van der Waals surface area contributed by atoms with E-state index >= 15 is 0 Å². The molecule has 0 saturated heterocycles. The Kier molecular flexibility index (Phi) is 4.72. The largest absolute Gasteiger partial charge is 0.384 e. The average Bonchev–Trinajstić information content (AvgIpc) is 3.32. The van der Waals surface area contributed by atoms with Gasteiger partial charge in [0.1, 0.15) is 0 Å². The molecule has 1 atom stereocenters. The topological polar surface area (TPSA) is 24.4 Å². The van der Waals surface area contributed by atoms with E-state index in [2.05, 4.69) is 72.5 Å². The highest BCUT2D eigenvalue weighted by Crippen LogP contribution is 2.46. The fourth-order valence-electron chi connectivity index (χ4n) is 5.55. The van der Waals surface area contributed by atoms with E-state index in [9.17, 15) is 0 Å². The zero-order valence-corrected chi connectivity index (χ0v) is 19.1. The first-order chi connectivity index (χ1) is 13.7. The smallest absolute Gasteiger partial charge is 0.0697 e. The van der Waals surface area contributed by atoms with Crippen LogP contribution in [0, 0.1) is 41.5 Å². The van der Waals surface area contributed by atoms with E-state index in [1.807, 2.05) is 0 Å². The first-order valence-corrected chi connectivity index (χ1v) is 10.9. The highest BCUT2D eigenvalue weighted by atomic mass is 14.9. The predicted octanol–water partition coefficient (Wildman–Crippen LogP) is 6.67. The second-order valence-corrected chi connectivity index (χ2v) is 9.29. The summed E-state index contributed by atoms with van der Waals surface area (Å²) in [6.45, 7) is 21.0. The molecule has 2 heterocycles. The van der Waals surface area contributed by atoms with Crippen molar-refractivity contribution in [2.24, 2.45) is 4.99 Å². The summed E-state index contributed by atoms with van der Waals surface area (Å²) in [6, 6.07) is 2.35. The standard InChI is InChI=1S/C27H34N2/c1-9-11-27(8,23-14-21-13-15(2)16(3)19(6)25(21)29-23)24-18(5)17(4)20(7)26-22(24)10-12-28-26/h9,13,28H,1,10-12,14H2,2-8H3. The normalized spacial score (nSPS) is 16.7. The number of nitrogens with zero attached hydrogens (tertiary/aromatic N) is 1. The van der Waals surface area contributed by atoms with Gasteiger partial charge >= 0.3 is 0 Å². The quantitative estimate of drug-likeness (QED) is 0.583. The maximum Gasteiger partial charge on any atom is 0.0697 e. The molecule has 0 aromatic heterocycles. The third-order valence-corrected chi connectivity index (χ3v) is 7.71. The molecule has 4 rings (SSSR count). The summed E-state index contributed by atoms with van der Waals surface area (Å²) < 4.78 is 0. The van der Waals surface area contributed by atoms with E-state index in [1.54, 1.807) is 0 Å². The maximum absolute atomic E-state index is 5.29. The Labute approximate surface area is 176 Å². The summed E-state index contributed by atoms with van der Waals surface area (Å²) >= 11 is 0. The van der Waals surface area contributed by atoms with Gasteiger partial charge in [-0.2, -0.15) is 0 Å². The molecule has 0 fully saturated rings. The SMILES string of the molecule is C=CCC(C)(C1=Nc2c(cc(C)c(C)c2C)C1)c1c(C)c(C)c(C)c2c1CCN2. The van der Waals surface area contributed by atoms with Gasteiger partial charge in [-0.05, 0) is 111 Å². The van der Waals surface area contributed by atoms with Crippen LogP contribution in [0.5, 0.6) is 0 Å². The monoisotopic (exact) mass is 386 g/mol. The zero-order chi connectivity index (χ0) is 21.1. The Bertz CT molecular complexity index is 1070. The molecule has 2 aliphatic rings. The molecule has 0 bridgehead atoms. The molecule has 2 aliphatic heterocycles. The lowest BCUT2D eigenvalue weighted by atomic mass is 9.69. The number of anilines is 1. The summed E-state index contributed by atoms with van der Waals surface area (Å²) in [5.74, 6) is 0. The fraction of sp³-hybridized carbons (Fsp3) is 0.444. The molecule has 1 N–H and O–H groups in total. The van der Waals surface area contributed by atoms with Gasteiger partial charge in [0.15, 0.2) is 0 Å². The van der Waals surface area contributed by atoms with E-state index < -0.39 is 0 Å². The number of aliphatic imine (C=N–C) groups is 1. The molecule has 0 spiro atoms. The minimum atomic E-state index is -0.131. The Morgan fingerprint density at radius 3 is 2.45 bits per heavy atom. The molecule has 152 valence electrons. The minimum absolute atomic E-state index is 0.131. The van der Waals surface area contributed by atoms with Crippen molar-refractivity contribution < 1.29 is 0 Å². The molecule has 29 heavy (non-hydrogen) atoms. The fourth-order valence-corrected chi connectivity index (χ4v) is 5.55. The van der Waals surface area contributed by atoms with Crippen LogP contribution in [0.15, 0.2) is 23.7 Å². The van der Waals surface area contributed by atoms with Crippen molar-refractivity contribution >= 4 is 17.1 Å². The number of hydrogen-bond acceptors (Lipinski definition) is 2. The third kappa shape index (κ3) is 2.79. The van der Waals surface area contributed by atoms with Crippen LogP contribution in [0.2, 0.25) is 0 Å². The number of fused-ring (bicyclic) bond motifs is 2. The number of aryl methyl sites for hydroxylation is 1. The van der Waals surface area contributed by atoms with Gasteiger partial charge in [0.25, 0.3) is 0 Å². The van der Waals surface area contributed by atoms with Gasteiger partial charge in [-0.15, -0.1) is 6.58 Å². The molecule has 0 saturated carbocycles. The van der Waals surface area contributed by atoms with Crippen LogP contribution in [0.1, 0.15) is 63.4 Å². The van der Waals surface area contributed by atoms with Gasteiger partial charge in [-0.1, -0.05) is 12.1 Å². The summed E-state index contributed by atoms with van der Waals surface area (Å²) in [6.07, 6.45) is 5.03. The van der Waals surface area contributed by atoms with Crippen molar-refractivity contribution in [2.45, 2.75) is 73.1 Å². The molecule has 2 aromatic rings. The van der Waals surface area contributed by atoms with Crippen LogP contribution in [0.25, 0.3) is 0 Å². The third-order valence-electron chi connectivity index (χ3n) is 7.71. The number of nitrogens with one attached hydrogen (secondary N) is 1. The maximum atomic E-state index is 5.29. The van der Waals surface area contributed by atoms with Crippen molar-refractivity contribution in [3.05, 3.63) is 68.8 Å². The Morgan fingerprint density at radius 1 is 1.03 bits per heavy atom. The Balaban J connectivity index is 1.94. The summed E-state index contributed by atoms with van der Waals surface area (Å²) in [4.78, 5) is 5.29. The molecule has 2 heteroatoms. The van der Waals surface area contributed by atoms with Crippen LogP contribution in [0.3, 0.4) is 0 Å². The van der Waals surface area contributed by atoms with Crippen LogP contribution in [-0.2, 0) is 18.3 Å². The summed E-state index contributed by atoms with van der Waals surface area (Å²) in [5.41, 5.74) is 16.4. The van der Waals surface area contributed by atoms with Gasteiger partial charge < -0.3 is 5.32 Å². The van der Waals surface area contributed by atoms with Crippen molar-refractivity contribution in [2.75, 3.05) is 11.9 Å². The van der Waals surface area contributed by atoms with Gasteiger partial charge in [0, 0.05) is 29.8 Å². The molecular weight excluding hydrogens is 352 g/mol.